The van der Waals surface area contributed by atoms with Crippen molar-refractivity contribution in [3.63, 3.8) is 0 Å². The molecule has 0 aliphatic rings. The molecule has 0 aromatic carbocycles. The maximum Gasteiger partial charge on any atom is 0.253 e. The summed E-state index contributed by atoms with van der Waals surface area (Å²) in [7, 11) is 0. The van der Waals surface area contributed by atoms with Crippen molar-refractivity contribution in [2.45, 2.75) is 0 Å². The molecule has 2 aromatic rings. The molecule has 0 aliphatic heterocycles. The number of pyridine rings is 2. The molecular formula is C18H22N4O2S2. The van der Waals surface area contributed by atoms with Gasteiger partial charge in [-0.2, -0.15) is 23.5 Å². The van der Waals surface area contributed by atoms with E-state index in [1.165, 1.54) is 0 Å². The first-order valence-electron chi connectivity index (χ1n) is 8.13. The molecule has 2 N–H and O–H groups in total. The number of amides is 2. The lowest BCUT2D eigenvalue weighted by Crippen LogP contribution is -2.28. The van der Waals surface area contributed by atoms with Crippen molar-refractivity contribution >= 4 is 35.3 Å². The second-order valence-electron chi connectivity index (χ2n) is 5.30. The topological polar surface area (TPSA) is 84.0 Å². The highest BCUT2D eigenvalue weighted by Gasteiger charge is 2.20. The highest BCUT2D eigenvalue weighted by Crippen LogP contribution is 2.23. The summed E-state index contributed by atoms with van der Waals surface area (Å²) in [5.41, 5.74) is 1.63. The first-order valence-corrected chi connectivity index (χ1v) is 10.9. The molecule has 0 aliphatic carbocycles. The maximum atomic E-state index is 12.5. The number of rotatable bonds is 9. The Bertz CT molecular complexity index is 692. The third-order valence-corrected chi connectivity index (χ3v) is 4.74. The molecule has 26 heavy (non-hydrogen) atoms. The molecule has 0 unspecified atom stereocenters. The van der Waals surface area contributed by atoms with Crippen LogP contribution in [0, 0.1) is 0 Å². The fourth-order valence-electron chi connectivity index (χ4n) is 2.28. The number of nitrogens with one attached hydrogen (secondary N) is 2. The average Bonchev–Trinajstić information content (AvgIpc) is 2.68. The largest absolute Gasteiger partial charge is 0.351 e. The first kappa shape index (κ1) is 20.3. The number of thioether (sulfide) groups is 2. The fourth-order valence-corrected chi connectivity index (χ4v) is 2.89. The van der Waals surface area contributed by atoms with Gasteiger partial charge in [-0.3, -0.25) is 19.6 Å². The van der Waals surface area contributed by atoms with Crippen molar-refractivity contribution in [1.29, 1.82) is 0 Å². The van der Waals surface area contributed by atoms with Crippen molar-refractivity contribution < 1.29 is 9.59 Å². The third-order valence-electron chi connectivity index (χ3n) is 3.51. The molecule has 6 nitrogen and oxygen atoms in total. The lowest BCUT2D eigenvalue weighted by molar-refractivity contribution is 0.0946. The van der Waals surface area contributed by atoms with E-state index >= 15 is 0 Å². The van der Waals surface area contributed by atoms with Gasteiger partial charge in [0.05, 0.1) is 11.1 Å². The van der Waals surface area contributed by atoms with E-state index in [2.05, 4.69) is 20.6 Å². The molecule has 0 spiro atoms. The molecular weight excluding hydrogens is 368 g/mol. The van der Waals surface area contributed by atoms with Gasteiger partial charge in [0.1, 0.15) is 11.4 Å². The van der Waals surface area contributed by atoms with Crippen LogP contribution < -0.4 is 10.6 Å². The summed E-state index contributed by atoms with van der Waals surface area (Å²) in [6.45, 7) is 1.14. The number of hydrogen-bond donors (Lipinski definition) is 2. The van der Waals surface area contributed by atoms with Crippen LogP contribution in [0.1, 0.15) is 20.7 Å². The van der Waals surface area contributed by atoms with E-state index in [9.17, 15) is 9.59 Å². The van der Waals surface area contributed by atoms with E-state index in [1.54, 1.807) is 60.2 Å². The Morgan fingerprint density at radius 1 is 0.846 bits per heavy atom. The minimum Gasteiger partial charge on any atom is -0.351 e. The van der Waals surface area contributed by atoms with Gasteiger partial charge in [-0.1, -0.05) is 0 Å². The maximum absolute atomic E-state index is 12.5. The molecule has 2 heterocycles. The lowest BCUT2D eigenvalue weighted by atomic mass is 10.0. The Morgan fingerprint density at radius 3 is 1.65 bits per heavy atom. The van der Waals surface area contributed by atoms with Crippen LogP contribution in [0.15, 0.2) is 36.7 Å². The monoisotopic (exact) mass is 390 g/mol. The number of hydrogen-bond acceptors (Lipinski definition) is 6. The molecule has 0 atom stereocenters. The van der Waals surface area contributed by atoms with Crippen LogP contribution in [0.25, 0.3) is 11.4 Å². The van der Waals surface area contributed by atoms with Gasteiger partial charge in [0.2, 0.25) is 0 Å². The molecule has 0 saturated heterocycles. The highest BCUT2D eigenvalue weighted by atomic mass is 32.2. The summed E-state index contributed by atoms with van der Waals surface area (Å²) in [6, 6.07) is 6.80. The molecule has 0 saturated carbocycles. The standard InChI is InChI=1S/C18H22N4O2S2/c1-25-11-9-21-17(23)13-5-3-7-19-15(13)16-14(6-4-8-20-16)18(24)22-10-12-26-2/h3-8H,9-12H2,1-2H3,(H,21,23)(H,22,24). The van der Waals surface area contributed by atoms with Gasteiger partial charge in [-0.05, 0) is 36.8 Å². The second kappa shape index (κ2) is 10.8. The van der Waals surface area contributed by atoms with E-state index in [1.807, 2.05) is 12.5 Å². The number of carbonyl (C=O) groups excluding carboxylic acids is 2. The molecule has 2 rings (SSSR count). The summed E-state index contributed by atoms with van der Waals surface area (Å²) in [6.07, 6.45) is 7.16. The SMILES string of the molecule is CSCCNC(=O)c1cccnc1-c1ncccc1C(=O)NCCSC. The zero-order valence-electron chi connectivity index (χ0n) is 14.8. The van der Waals surface area contributed by atoms with Crippen LogP contribution in [0.3, 0.4) is 0 Å². The van der Waals surface area contributed by atoms with Crippen LogP contribution in [0.5, 0.6) is 0 Å². The highest BCUT2D eigenvalue weighted by molar-refractivity contribution is 7.98. The number of nitrogens with zero attached hydrogens (tertiary/aromatic N) is 2. The summed E-state index contributed by atoms with van der Waals surface area (Å²) in [4.78, 5) is 33.7. The zero-order chi connectivity index (χ0) is 18.8. The molecule has 0 bridgehead atoms. The van der Waals surface area contributed by atoms with Gasteiger partial charge in [0.25, 0.3) is 11.8 Å². The molecule has 2 aromatic heterocycles. The lowest BCUT2D eigenvalue weighted by Gasteiger charge is -2.12. The summed E-state index contributed by atoms with van der Waals surface area (Å²) in [5.74, 6) is 1.21. The minimum atomic E-state index is -0.221. The van der Waals surface area contributed by atoms with Gasteiger partial charge in [-0.15, -0.1) is 0 Å². The van der Waals surface area contributed by atoms with Gasteiger partial charge in [-0.25, -0.2) is 0 Å². The van der Waals surface area contributed by atoms with Crippen LogP contribution in [0.4, 0.5) is 0 Å². The van der Waals surface area contributed by atoms with Gasteiger partial charge in [0, 0.05) is 37.0 Å². The van der Waals surface area contributed by atoms with Crippen LogP contribution in [0.2, 0.25) is 0 Å². The Hall–Kier alpha value is -2.06. The average molecular weight is 391 g/mol. The van der Waals surface area contributed by atoms with Crippen molar-refractivity contribution in [1.82, 2.24) is 20.6 Å². The quantitative estimate of drug-likeness (QED) is 0.640. The first-order chi connectivity index (χ1) is 12.7. The Morgan fingerprint density at radius 2 is 1.27 bits per heavy atom. The van der Waals surface area contributed by atoms with E-state index in [4.69, 9.17) is 0 Å². The number of carbonyl (C=O) groups is 2. The van der Waals surface area contributed by atoms with Gasteiger partial charge >= 0.3 is 0 Å². The summed E-state index contributed by atoms with van der Waals surface area (Å²) >= 11 is 3.32. The van der Waals surface area contributed by atoms with E-state index in [-0.39, 0.29) is 11.8 Å². The van der Waals surface area contributed by atoms with Crippen molar-refractivity contribution in [2.24, 2.45) is 0 Å². The molecule has 2 amide bonds. The Balaban J connectivity index is 2.31. The van der Waals surface area contributed by atoms with Gasteiger partial charge < -0.3 is 10.6 Å². The van der Waals surface area contributed by atoms with Crippen molar-refractivity contribution in [3.05, 3.63) is 47.8 Å². The summed E-state index contributed by atoms with van der Waals surface area (Å²) < 4.78 is 0. The molecule has 8 heteroatoms. The Kier molecular flexibility index (Phi) is 8.43. The van der Waals surface area contributed by atoms with Crippen LogP contribution in [-0.4, -0.2) is 58.9 Å². The van der Waals surface area contributed by atoms with Crippen molar-refractivity contribution in [2.75, 3.05) is 37.1 Å². The second-order valence-corrected chi connectivity index (χ2v) is 7.27. The zero-order valence-corrected chi connectivity index (χ0v) is 16.5. The molecule has 0 radical (unpaired) electrons. The van der Waals surface area contributed by atoms with Crippen molar-refractivity contribution in [3.8, 4) is 11.4 Å². The predicted molar refractivity (Wildman–Crippen MR) is 109 cm³/mol. The van der Waals surface area contributed by atoms with Crippen LogP contribution in [-0.2, 0) is 0 Å². The molecule has 0 fully saturated rings. The normalized spacial score (nSPS) is 10.4. The third kappa shape index (κ3) is 5.47. The minimum absolute atomic E-state index is 0.221. The Labute approximate surface area is 162 Å². The van der Waals surface area contributed by atoms with E-state index in [0.29, 0.717) is 35.6 Å². The van der Waals surface area contributed by atoms with Crippen LogP contribution >= 0.6 is 23.5 Å². The predicted octanol–water partition coefficient (Wildman–Crippen LogP) is 2.33. The summed E-state index contributed by atoms with van der Waals surface area (Å²) in [5, 5.41) is 5.74. The molecule has 138 valence electrons. The van der Waals surface area contributed by atoms with E-state index in [0.717, 1.165) is 11.5 Å². The van der Waals surface area contributed by atoms with E-state index < -0.39 is 0 Å². The smallest absolute Gasteiger partial charge is 0.253 e. The van der Waals surface area contributed by atoms with Gasteiger partial charge in [0.15, 0.2) is 0 Å². The fraction of sp³-hybridized carbons (Fsp3) is 0.333. The number of aromatic nitrogens is 2.